The summed E-state index contributed by atoms with van der Waals surface area (Å²) in [4.78, 5) is 27.1. The van der Waals surface area contributed by atoms with Gasteiger partial charge < -0.3 is 9.57 Å². The van der Waals surface area contributed by atoms with Gasteiger partial charge >= 0.3 is 6.16 Å². The number of hydrogen-bond donors (Lipinski definition) is 1. The summed E-state index contributed by atoms with van der Waals surface area (Å²) in [6.07, 6.45) is -0.943. The Hall–Kier alpha value is -2.04. The number of nitrogens with one attached hydrogen (secondary N) is 1. The van der Waals surface area contributed by atoms with Crippen molar-refractivity contribution in [3.63, 3.8) is 0 Å². The molecule has 0 unspecified atom stereocenters. The molecule has 17 heavy (non-hydrogen) atoms. The third-order valence-electron chi connectivity index (χ3n) is 1.65. The first kappa shape index (κ1) is 13.0. The van der Waals surface area contributed by atoms with Crippen LogP contribution in [0.1, 0.15) is 31.1 Å². The molecule has 0 atom stereocenters. The van der Waals surface area contributed by atoms with Crippen molar-refractivity contribution in [2.24, 2.45) is 0 Å². The first-order valence-electron chi connectivity index (χ1n) is 5.14. The van der Waals surface area contributed by atoms with Crippen molar-refractivity contribution in [3.8, 4) is 0 Å². The Balaban J connectivity index is 2.42. The zero-order chi connectivity index (χ0) is 12.9. The van der Waals surface area contributed by atoms with E-state index in [1.54, 1.807) is 51.1 Å². The van der Waals surface area contributed by atoms with Crippen molar-refractivity contribution in [1.82, 2.24) is 5.48 Å². The van der Waals surface area contributed by atoms with Gasteiger partial charge in [-0.05, 0) is 32.9 Å². The Morgan fingerprint density at radius 1 is 1.12 bits per heavy atom. The summed E-state index contributed by atoms with van der Waals surface area (Å²) in [6, 6.07) is 8.41. The molecule has 0 aromatic heterocycles. The standard InChI is InChI=1S/C12H15NO4/c1-12(2,3)16-11(15)17-13-10(14)9-7-5-4-6-8-9/h4-8H,1-3H3,(H,13,14). The molecule has 0 heterocycles. The highest BCUT2D eigenvalue weighted by Crippen LogP contribution is 2.07. The number of hydrogen-bond acceptors (Lipinski definition) is 4. The van der Waals surface area contributed by atoms with E-state index in [9.17, 15) is 9.59 Å². The van der Waals surface area contributed by atoms with Crippen molar-refractivity contribution in [2.45, 2.75) is 26.4 Å². The number of benzene rings is 1. The minimum atomic E-state index is -0.943. The molecular weight excluding hydrogens is 222 g/mol. The maximum absolute atomic E-state index is 11.5. The monoisotopic (exact) mass is 237 g/mol. The van der Waals surface area contributed by atoms with Gasteiger partial charge in [0, 0.05) is 5.56 Å². The molecule has 0 aliphatic carbocycles. The van der Waals surface area contributed by atoms with E-state index in [-0.39, 0.29) is 0 Å². The van der Waals surface area contributed by atoms with Gasteiger partial charge in [-0.3, -0.25) is 4.79 Å². The summed E-state index contributed by atoms with van der Waals surface area (Å²) in [5.41, 5.74) is 1.75. The maximum atomic E-state index is 11.5. The Kier molecular flexibility index (Phi) is 4.09. The number of hydroxylamine groups is 1. The Morgan fingerprint density at radius 2 is 1.71 bits per heavy atom. The van der Waals surface area contributed by atoms with Crippen molar-refractivity contribution >= 4 is 12.1 Å². The van der Waals surface area contributed by atoms with Gasteiger partial charge in [-0.1, -0.05) is 18.2 Å². The Bertz CT molecular complexity index is 395. The molecule has 0 aliphatic heterocycles. The van der Waals surface area contributed by atoms with Gasteiger partial charge in [0.1, 0.15) is 5.60 Å². The second kappa shape index (κ2) is 5.34. The minimum absolute atomic E-state index is 0.399. The maximum Gasteiger partial charge on any atom is 0.533 e. The molecule has 1 aromatic carbocycles. The highest BCUT2D eigenvalue weighted by Gasteiger charge is 2.18. The zero-order valence-electron chi connectivity index (χ0n) is 10.0. The number of ether oxygens (including phenoxy) is 1. The topological polar surface area (TPSA) is 64.6 Å². The van der Waals surface area contributed by atoms with Gasteiger partial charge in [0.15, 0.2) is 0 Å². The van der Waals surface area contributed by atoms with Crippen molar-refractivity contribution in [3.05, 3.63) is 35.9 Å². The second-order valence-corrected chi connectivity index (χ2v) is 4.36. The highest BCUT2D eigenvalue weighted by atomic mass is 16.8. The van der Waals surface area contributed by atoms with Crippen LogP contribution in [0.2, 0.25) is 0 Å². The van der Waals surface area contributed by atoms with Crippen LogP contribution in [-0.2, 0) is 9.57 Å². The first-order valence-corrected chi connectivity index (χ1v) is 5.14. The van der Waals surface area contributed by atoms with Crippen LogP contribution in [0.15, 0.2) is 30.3 Å². The Labute approximate surface area is 99.7 Å². The summed E-state index contributed by atoms with van der Waals surface area (Å²) in [5, 5.41) is 0. The molecule has 0 saturated carbocycles. The highest BCUT2D eigenvalue weighted by molar-refractivity contribution is 5.93. The molecule has 1 rings (SSSR count). The van der Waals surface area contributed by atoms with E-state index in [2.05, 4.69) is 4.84 Å². The van der Waals surface area contributed by atoms with Crippen LogP contribution in [0.25, 0.3) is 0 Å². The van der Waals surface area contributed by atoms with Crippen molar-refractivity contribution < 1.29 is 19.2 Å². The quantitative estimate of drug-likeness (QED) is 0.601. The van der Waals surface area contributed by atoms with Gasteiger partial charge in [-0.2, -0.15) is 5.48 Å². The molecule has 1 amide bonds. The fraction of sp³-hybridized carbons (Fsp3) is 0.333. The predicted octanol–water partition coefficient (Wildman–Crippen LogP) is 2.28. The first-order chi connectivity index (χ1) is 7.88. The number of amides is 1. The van der Waals surface area contributed by atoms with E-state index < -0.39 is 17.7 Å². The molecule has 92 valence electrons. The zero-order valence-corrected chi connectivity index (χ0v) is 10.0. The van der Waals surface area contributed by atoms with E-state index in [1.807, 2.05) is 5.48 Å². The van der Waals surface area contributed by atoms with Crippen LogP contribution in [0.5, 0.6) is 0 Å². The van der Waals surface area contributed by atoms with Crippen LogP contribution >= 0.6 is 0 Å². The van der Waals surface area contributed by atoms with Crippen molar-refractivity contribution in [2.75, 3.05) is 0 Å². The largest absolute Gasteiger partial charge is 0.533 e. The van der Waals surface area contributed by atoms with Gasteiger partial charge in [0.2, 0.25) is 0 Å². The van der Waals surface area contributed by atoms with E-state index in [0.717, 1.165) is 0 Å². The smallest absolute Gasteiger partial charge is 0.427 e. The lowest BCUT2D eigenvalue weighted by Gasteiger charge is -2.18. The molecule has 0 fully saturated rings. The minimum Gasteiger partial charge on any atom is -0.427 e. The molecule has 0 bridgehead atoms. The summed E-state index contributed by atoms with van der Waals surface area (Å²) in [6.45, 7) is 5.10. The predicted molar refractivity (Wildman–Crippen MR) is 61.2 cm³/mol. The summed E-state index contributed by atoms with van der Waals surface area (Å²) in [5.74, 6) is -0.503. The van der Waals surface area contributed by atoms with Crippen LogP contribution < -0.4 is 5.48 Å². The van der Waals surface area contributed by atoms with E-state index in [4.69, 9.17) is 4.74 Å². The third-order valence-corrected chi connectivity index (χ3v) is 1.65. The molecule has 5 nitrogen and oxygen atoms in total. The SMILES string of the molecule is CC(C)(C)OC(=O)ONC(=O)c1ccccc1. The molecule has 1 aromatic rings. The fourth-order valence-corrected chi connectivity index (χ4v) is 1.01. The Morgan fingerprint density at radius 3 is 2.24 bits per heavy atom. The molecule has 5 heteroatoms. The van der Waals surface area contributed by atoms with E-state index >= 15 is 0 Å². The third kappa shape index (κ3) is 5.01. The average Bonchev–Trinajstić information content (AvgIpc) is 2.25. The number of rotatable bonds is 1. The molecule has 0 radical (unpaired) electrons. The average molecular weight is 237 g/mol. The fourth-order valence-electron chi connectivity index (χ4n) is 1.01. The van der Waals surface area contributed by atoms with Gasteiger partial charge in [0.25, 0.3) is 5.91 Å². The van der Waals surface area contributed by atoms with Crippen LogP contribution in [0.4, 0.5) is 4.79 Å². The van der Waals surface area contributed by atoms with Crippen LogP contribution in [-0.4, -0.2) is 17.7 Å². The summed E-state index contributed by atoms with van der Waals surface area (Å²) >= 11 is 0. The van der Waals surface area contributed by atoms with Crippen molar-refractivity contribution in [1.29, 1.82) is 0 Å². The lowest BCUT2D eigenvalue weighted by atomic mass is 10.2. The molecule has 0 saturated heterocycles. The van der Waals surface area contributed by atoms with Gasteiger partial charge in [0.05, 0.1) is 0 Å². The molecule has 0 aliphatic rings. The number of carbonyl (C=O) groups excluding carboxylic acids is 2. The normalized spacial score (nSPS) is 10.5. The summed E-state index contributed by atoms with van der Waals surface area (Å²) < 4.78 is 4.85. The molecule has 1 N–H and O–H groups in total. The second-order valence-electron chi connectivity index (χ2n) is 4.36. The van der Waals surface area contributed by atoms with Crippen LogP contribution in [0.3, 0.4) is 0 Å². The number of carbonyl (C=O) groups is 2. The van der Waals surface area contributed by atoms with Gasteiger partial charge in [-0.25, -0.2) is 4.79 Å². The van der Waals surface area contributed by atoms with Gasteiger partial charge in [-0.15, -0.1) is 0 Å². The summed E-state index contributed by atoms with van der Waals surface area (Å²) in [7, 11) is 0. The van der Waals surface area contributed by atoms with E-state index in [1.165, 1.54) is 0 Å². The van der Waals surface area contributed by atoms with Crippen LogP contribution in [0, 0.1) is 0 Å². The lowest BCUT2D eigenvalue weighted by Crippen LogP contribution is -2.31. The molecule has 0 spiro atoms. The van der Waals surface area contributed by atoms with E-state index in [0.29, 0.717) is 5.56 Å². The molecular formula is C12H15NO4. The lowest BCUT2D eigenvalue weighted by molar-refractivity contribution is -0.0281.